The Morgan fingerprint density at radius 2 is 1.35 bits per heavy atom. The molecule has 0 atom stereocenters. The summed E-state index contributed by atoms with van der Waals surface area (Å²) in [5, 5.41) is 11.2. The predicted molar refractivity (Wildman–Crippen MR) is 106 cm³/mol. The van der Waals surface area contributed by atoms with Crippen molar-refractivity contribution >= 4 is 33.4 Å². The zero-order chi connectivity index (χ0) is 17.3. The fraction of sp³-hybridized carbons (Fsp3) is 0. The van der Waals surface area contributed by atoms with E-state index in [0.29, 0.717) is 0 Å². The van der Waals surface area contributed by atoms with Crippen LogP contribution in [0.4, 0.5) is 11.6 Å². The van der Waals surface area contributed by atoms with Gasteiger partial charge in [0.2, 0.25) is 0 Å². The lowest BCUT2D eigenvalue weighted by atomic mass is 10.0. The highest BCUT2D eigenvalue weighted by molar-refractivity contribution is 6.01. The largest absolute Gasteiger partial charge is 0.338 e. The first-order valence-corrected chi connectivity index (χ1v) is 8.54. The highest BCUT2D eigenvalue weighted by Crippen LogP contribution is 2.38. The smallest absolute Gasteiger partial charge is 0.161 e. The van der Waals surface area contributed by atoms with E-state index < -0.39 is 0 Å². The van der Waals surface area contributed by atoms with Gasteiger partial charge in [-0.1, -0.05) is 66.7 Å². The number of H-pyrrole nitrogens is 2. The highest BCUT2D eigenvalue weighted by Gasteiger charge is 2.12. The van der Waals surface area contributed by atoms with Gasteiger partial charge in [0.15, 0.2) is 11.6 Å². The molecule has 4 heteroatoms. The summed E-state index contributed by atoms with van der Waals surface area (Å²) in [6.07, 6.45) is 0. The lowest BCUT2D eigenvalue weighted by Gasteiger charge is -2.00. The van der Waals surface area contributed by atoms with E-state index in [1.165, 1.54) is 0 Å². The minimum Gasteiger partial charge on any atom is -0.338 e. The zero-order valence-corrected chi connectivity index (χ0v) is 14.0. The fourth-order valence-electron chi connectivity index (χ4n) is 3.32. The molecule has 5 aromatic rings. The van der Waals surface area contributed by atoms with Gasteiger partial charge in [-0.3, -0.25) is 0 Å². The molecule has 5 rings (SSSR count). The summed E-state index contributed by atoms with van der Waals surface area (Å²) < 4.78 is 0. The average Bonchev–Trinajstić information content (AvgIpc) is 3.27. The number of aromatic amines is 2. The maximum absolute atomic E-state index is 4.52. The Morgan fingerprint density at radius 1 is 0.615 bits per heavy atom. The second kappa shape index (κ2) is 6.01. The molecule has 3 aromatic carbocycles. The lowest BCUT2D eigenvalue weighted by molar-refractivity contribution is 1.16. The van der Waals surface area contributed by atoms with Gasteiger partial charge in [-0.05, 0) is 23.8 Å². The number of aromatic nitrogens is 2. The van der Waals surface area contributed by atoms with E-state index in [-0.39, 0.29) is 0 Å². The van der Waals surface area contributed by atoms with Crippen molar-refractivity contribution in [2.24, 2.45) is 10.2 Å². The summed E-state index contributed by atoms with van der Waals surface area (Å²) >= 11 is 0. The second-order valence-electron chi connectivity index (χ2n) is 6.20. The maximum Gasteiger partial charge on any atom is 0.161 e. The third kappa shape index (κ3) is 2.48. The van der Waals surface area contributed by atoms with Crippen LogP contribution in [-0.2, 0) is 0 Å². The molecule has 0 aliphatic heterocycles. The summed E-state index contributed by atoms with van der Waals surface area (Å²) in [4.78, 5) is 6.68. The summed E-state index contributed by atoms with van der Waals surface area (Å²) in [6.45, 7) is 0. The Hall–Kier alpha value is -3.66. The van der Waals surface area contributed by atoms with Gasteiger partial charge in [-0.25, -0.2) is 0 Å². The SMILES string of the molecule is c1ccc(-c2c(N=Nc3cc4ccccc4[nH]3)[nH]c3ccccc23)cc1. The number of nitrogens with zero attached hydrogens (tertiary/aromatic N) is 2. The zero-order valence-electron chi connectivity index (χ0n) is 14.0. The molecule has 0 radical (unpaired) electrons. The number of para-hydroxylation sites is 2. The molecule has 4 nitrogen and oxygen atoms in total. The third-order valence-electron chi connectivity index (χ3n) is 4.52. The number of hydrogen-bond acceptors (Lipinski definition) is 2. The van der Waals surface area contributed by atoms with E-state index >= 15 is 0 Å². The molecule has 0 aliphatic rings. The van der Waals surface area contributed by atoms with Crippen LogP contribution < -0.4 is 0 Å². The summed E-state index contributed by atoms with van der Waals surface area (Å²) in [7, 11) is 0. The quantitative estimate of drug-likeness (QED) is 0.343. The van der Waals surface area contributed by atoms with Crippen LogP contribution in [0.15, 0.2) is 95.2 Å². The molecule has 26 heavy (non-hydrogen) atoms. The molecular formula is C22H16N4. The van der Waals surface area contributed by atoms with Gasteiger partial charge in [-0.15, -0.1) is 10.2 Å². The molecule has 0 aliphatic carbocycles. The molecule has 2 heterocycles. The van der Waals surface area contributed by atoms with Gasteiger partial charge in [0.25, 0.3) is 0 Å². The van der Waals surface area contributed by atoms with Crippen molar-refractivity contribution in [1.29, 1.82) is 0 Å². The van der Waals surface area contributed by atoms with Gasteiger partial charge in [0.05, 0.1) is 0 Å². The van der Waals surface area contributed by atoms with E-state index in [1.54, 1.807) is 0 Å². The minimum atomic E-state index is 0.740. The Labute approximate surface area is 150 Å². The van der Waals surface area contributed by atoms with Crippen molar-refractivity contribution in [3.63, 3.8) is 0 Å². The second-order valence-corrected chi connectivity index (χ2v) is 6.20. The van der Waals surface area contributed by atoms with Gasteiger partial charge in [0, 0.05) is 27.4 Å². The lowest BCUT2D eigenvalue weighted by Crippen LogP contribution is -1.75. The summed E-state index contributed by atoms with van der Waals surface area (Å²) in [5.74, 6) is 1.50. The molecule has 0 unspecified atom stereocenters. The Kier molecular flexibility index (Phi) is 3.39. The number of rotatable bonds is 3. The molecule has 2 N–H and O–H groups in total. The van der Waals surface area contributed by atoms with Gasteiger partial charge in [0.1, 0.15) is 0 Å². The van der Waals surface area contributed by atoms with Crippen LogP contribution in [0, 0.1) is 0 Å². The molecular weight excluding hydrogens is 320 g/mol. The Balaban J connectivity index is 1.64. The van der Waals surface area contributed by atoms with E-state index in [9.17, 15) is 0 Å². The van der Waals surface area contributed by atoms with Gasteiger partial charge in [-0.2, -0.15) is 0 Å². The van der Waals surface area contributed by atoms with Crippen LogP contribution in [-0.4, -0.2) is 9.97 Å². The van der Waals surface area contributed by atoms with Crippen LogP contribution in [0.1, 0.15) is 0 Å². The number of azo groups is 1. The topological polar surface area (TPSA) is 56.3 Å². The van der Waals surface area contributed by atoms with E-state index in [4.69, 9.17) is 0 Å². The van der Waals surface area contributed by atoms with E-state index in [2.05, 4.69) is 50.5 Å². The maximum atomic E-state index is 4.52. The van der Waals surface area contributed by atoms with Crippen molar-refractivity contribution < 1.29 is 0 Å². The van der Waals surface area contributed by atoms with Crippen LogP contribution in [0.2, 0.25) is 0 Å². The molecule has 0 saturated heterocycles. The number of nitrogens with one attached hydrogen (secondary N) is 2. The predicted octanol–water partition coefficient (Wildman–Crippen LogP) is 6.73. The average molecular weight is 336 g/mol. The van der Waals surface area contributed by atoms with Crippen molar-refractivity contribution in [3.8, 4) is 11.1 Å². The number of fused-ring (bicyclic) bond motifs is 2. The molecule has 0 fully saturated rings. The van der Waals surface area contributed by atoms with Crippen molar-refractivity contribution in [2.45, 2.75) is 0 Å². The van der Waals surface area contributed by atoms with Gasteiger partial charge < -0.3 is 9.97 Å². The monoisotopic (exact) mass is 336 g/mol. The summed E-state index contributed by atoms with van der Waals surface area (Å²) in [5.41, 5.74) is 4.30. The van der Waals surface area contributed by atoms with E-state index in [0.717, 1.165) is 44.6 Å². The van der Waals surface area contributed by atoms with Crippen LogP contribution >= 0.6 is 0 Å². The van der Waals surface area contributed by atoms with Crippen LogP contribution in [0.25, 0.3) is 32.9 Å². The minimum absolute atomic E-state index is 0.740. The number of hydrogen-bond donors (Lipinski definition) is 2. The van der Waals surface area contributed by atoms with Crippen LogP contribution in [0.3, 0.4) is 0 Å². The normalized spacial score (nSPS) is 11.7. The molecule has 0 amide bonds. The molecule has 0 saturated carbocycles. The van der Waals surface area contributed by atoms with E-state index in [1.807, 2.05) is 54.6 Å². The van der Waals surface area contributed by atoms with Crippen molar-refractivity contribution in [3.05, 3.63) is 84.9 Å². The first-order valence-electron chi connectivity index (χ1n) is 8.54. The molecule has 124 valence electrons. The summed E-state index contributed by atoms with van der Waals surface area (Å²) in [6, 6.07) is 28.6. The third-order valence-corrected chi connectivity index (χ3v) is 4.52. The van der Waals surface area contributed by atoms with Gasteiger partial charge >= 0.3 is 0 Å². The van der Waals surface area contributed by atoms with Crippen LogP contribution in [0.5, 0.6) is 0 Å². The Bertz CT molecular complexity index is 1200. The first kappa shape index (κ1) is 14.7. The van der Waals surface area contributed by atoms with Crippen molar-refractivity contribution in [1.82, 2.24) is 9.97 Å². The first-order chi connectivity index (χ1) is 12.9. The number of benzene rings is 3. The Morgan fingerprint density at radius 3 is 2.19 bits per heavy atom. The molecule has 0 bridgehead atoms. The van der Waals surface area contributed by atoms with Crippen molar-refractivity contribution in [2.75, 3.05) is 0 Å². The highest BCUT2D eigenvalue weighted by atomic mass is 15.2. The standard InChI is InChI=1S/C22H16N4/c1-2-8-15(9-3-1)21-17-11-5-7-13-19(17)24-22(21)26-25-20-14-16-10-4-6-12-18(16)23-20/h1-14,23-24H. The fourth-order valence-corrected chi connectivity index (χ4v) is 3.32. The molecule has 0 spiro atoms. The molecule has 2 aromatic heterocycles.